The van der Waals surface area contributed by atoms with E-state index < -0.39 is 0 Å². The van der Waals surface area contributed by atoms with Gasteiger partial charge in [-0.15, -0.1) is 0 Å². The monoisotopic (exact) mass is 314 g/mol. The molecule has 1 unspecified atom stereocenters. The third kappa shape index (κ3) is 3.53. The van der Waals surface area contributed by atoms with Crippen molar-refractivity contribution in [2.75, 3.05) is 6.54 Å². The van der Waals surface area contributed by atoms with E-state index in [2.05, 4.69) is 41.6 Å². The normalized spacial score (nSPS) is 12.7. The molecule has 0 aliphatic rings. The zero-order chi connectivity index (χ0) is 13.7. The molecule has 0 heterocycles. The van der Waals surface area contributed by atoms with E-state index in [0.717, 1.165) is 25.1 Å². The van der Waals surface area contributed by atoms with Gasteiger partial charge >= 0.3 is 0 Å². The fourth-order valence-electron chi connectivity index (χ4n) is 1.89. The van der Waals surface area contributed by atoms with Gasteiger partial charge in [0.2, 0.25) is 0 Å². The lowest BCUT2D eigenvalue weighted by Gasteiger charge is -2.27. The van der Waals surface area contributed by atoms with E-state index in [1.54, 1.807) is 6.07 Å². The summed E-state index contributed by atoms with van der Waals surface area (Å²) >= 11 is 3.34. The molecule has 1 aromatic rings. The largest absolute Gasteiger partial charge is 0.297 e. The average Bonchev–Trinajstić information content (AvgIpc) is 2.36. The van der Waals surface area contributed by atoms with E-state index in [4.69, 9.17) is 0 Å². The van der Waals surface area contributed by atoms with Gasteiger partial charge in [0.05, 0.1) is 9.40 Å². The summed E-state index contributed by atoms with van der Waals surface area (Å²) in [4.78, 5) is 12.8. The first-order valence-corrected chi connectivity index (χ1v) is 6.96. The fraction of sp³-hybridized carbons (Fsp3) is 0.538. The number of benzene rings is 1. The molecule has 0 fully saturated rings. The molecule has 1 atom stereocenters. The van der Waals surface area contributed by atoms with Crippen molar-refractivity contribution in [2.24, 2.45) is 0 Å². The maximum Gasteiger partial charge on any atom is 0.283 e. The molecule has 0 N–H and O–H groups in total. The van der Waals surface area contributed by atoms with Crippen molar-refractivity contribution in [3.63, 3.8) is 0 Å². The highest BCUT2D eigenvalue weighted by Crippen LogP contribution is 2.29. The van der Waals surface area contributed by atoms with E-state index in [-0.39, 0.29) is 10.6 Å². The summed E-state index contributed by atoms with van der Waals surface area (Å²) < 4.78 is 0.594. The Morgan fingerprint density at radius 3 is 2.61 bits per heavy atom. The molecule has 0 amide bonds. The highest BCUT2D eigenvalue weighted by molar-refractivity contribution is 9.10. The van der Waals surface area contributed by atoms with Crippen LogP contribution in [0.25, 0.3) is 0 Å². The molecular formula is C13H19BrN2O2. The van der Waals surface area contributed by atoms with E-state index in [1.165, 1.54) is 6.07 Å². The van der Waals surface area contributed by atoms with Crippen molar-refractivity contribution in [1.82, 2.24) is 4.90 Å². The molecule has 4 nitrogen and oxygen atoms in total. The molecule has 1 aromatic carbocycles. The number of rotatable bonds is 6. The van der Waals surface area contributed by atoms with Gasteiger partial charge in [0, 0.05) is 18.7 Å². The van der Waals surface area contributed by atoms with Crippen molar-refractivity contribution in [3.05, 3.63) is 38.3 Å². The topological polar surface area (TPSA) is 46.4 Å². The lowest BCUT2D eigenvalue weighted by atomic mass is 10.1. The Morgan fingerprint density at radius 1 is 1.44 bits per heavy atom. The molecule has 0 bridgehead atoms. The average molecular weight is 315 g/mol. The zero-order valence-electron chi connectivity index (χ0n) is 11.0. The lowest BCUT2D eigenvalue weighted by Crippen LogP contribution is -2.31. The summed E-state index contributed by atoms with van der Waals surface area (Å²) in [5.74, 6) is 0. The lowest BCUT2D eigenvalue weighted by molar-refractivity contribution is -0.385. The van der Waals surface area contributed by atoms with Gasteiger partial charge in [-0.05, 0) is 41.4 Å². The Labute approximate surface area is 116 Å². The van der Waals surface area contributed by atoms with E-state index in [1.807, 2.05) is 6.07 Å². The number of hydrogen-bond donors (Lipinski definition) is 0. The first-order valence-electron chi connectivity index (χ1n) is 6.17. The fourth-order valence-corrected chi connectivity index (χ4v) is 2.42. The Balaban J connectivity index is 2.96. The van der Waals surface area contributed by atoms with Crippen LogP contribution in [0, 0.1) is 10.1 Å². The standard InChI is InChI=1S/C13H19BrN2O2/c1-4-10(3)15(5-2)9-11-7-6-8-12(13(11)14)16(17)18/h6-8,10H,4-5,9H2,1-3H3. The van der Waals surface area contributed by atoms with Gasteiger partial charge in [-0.25, -0.2) is 0 Å². The Hall–Kier alpha value is -0.940. The van der Waals surface area contributed by atoms with Crippen LogP contribution in [-0.2, 0) is 6.54 Å². The van der Waals surface area contributed by atoms with Crippen LogP contribution in [0.5, 0.6) is 0 Å². The maximum absolute atomic E-state index is 10.9. The molecule has 0 aromatic heterocycles. The number of nitrogens with zero attached hydrogens (tertiary/aromatic N) is 2. The van der Waals surface area contributed by atoms with E-state index in [0.29, 0.717) is 10.5 Å². The molecule has 0 spiro atoms. The Kier molecular flexibility index (Phi) is 5.75. The summed E-state index contributed by atoms with van der Waals surface area (Å²) in [5, 5.41) is 10.9. The van der Waals surface area contributed by atoms with Gasteiger partial charge in [0.1, 0.15) is 0 Å². The number of nitro benzene ring substituents is 1. The van der Waals surface area contributed by atoms with Crippen LogP contribution < -0.4 is 0 Å². The van der Waals surface area contributed by atoms with Gasteiger partial charge in [0.15, 0.2) is 0 Å². The van der Waals surface area contributed by atoms with Gasteiger partial charge in [-0.2, -0.15) is 0 Å². The molecule has 0 aliphatic carbocycles. The summed E-state index contributed by atoms with van der Waals surface area (Å²) in [7, 11) is 0. The van der Waals surface area contributed by atoms with Crippen LogP contribution in [0.3, 0.4) is 0 Å². The number of hydrogen-bond acceptors (Lipinski definition) is 3. The molecule has 0 saturated carbocycles. The third-order valence-corrected chi connectivity index (χ3v) is 4.16. The predicted octanol–water partition coefficient (Wildman–Crippen LogP) is 3.98. The van der Waals surface area contributed by atoms with Gasteiger partial charge in [-0.1, -0.05) is 26.0 Å². The molecule has 18 heavy (non-hydrogen) atoms. The van der Waals surface area contributed by atoms with Crippen molar-refractivity contribution in [3.8, 4) is 0 Å². The third-order valence-electron chi connectivity index (χ3n) is 3.25. The smallest absolute Gasteiger partial charge is 0.283 e. The van der Waals surface area contributed by atoms with Gasteiger partial charge in [0.25, 0.3) is 5.69 Å². The van der Waals surface area contributed by atoms with Gasteiger partial charge in [-0.3, -0.25) is 15.0 Å². The minimum Gasteiger partial charge on any atom is -0.297 e. The molecule has 0 radical (unpaired) electrons. The van der Waals surface area contributed by atoms with Crippen LogP contribution in [0.4, 0.5) is 5.69 Å². The maximum atomic E-state index is 10.9. The SMILES string of the molecule is CCC(C)N(CC)Cc1cccc([N+](=O)[O-])c1Br. The highest BCUT2D eigenvalue weighted by Gasteiger charge is 2.18. The van der Waals surface area contributed by atoms with Crippen molar-refractivity contribution >= 4 is 21.6 Å². The summed E-state index contributed by atoms with van der Waals surface area (Å²) in [6.45, 7) is 8.10. The van der Waals surface area contributed by atoms with Crippen LogP contribution in [-0.4, -0.2) is 22.4 Å². The van der Waals surface area contributed by atoms with E-state index in [9.17, 15) is 10.1 Å². The van der Waals surface area contributed by atoms with Crippen LogP contribution in [0.1, 0.15) is 32.8 Å². The molecule has 1 rings (SSSR count). The number of nitro groups is 1. The van der Waals surface area contributed by atoms with Crippen LogP contribution >= 0.6 is 15.9 Å². The minimum absolute atomic E-state index is 0.132. The molecule has 5 heteroatoms. The molecule has 100 valence electrons. The van der Waals surface area contributed by atoms with Crippen LogP contribution in [0.2, 0.25) is 0 Å². The molecular weight excluding hydrogens is 296 g/mol. The zero-order valence-corrected chi connectivity index (χ0v) is 12.6. The highest BCUT2D eigenvalue weighted by atomic mass is 79.9. The van der Waals surface area contributed by atoms with Gasteiger partial charge < -0.3 is 0 Å². The summed E-state index contributed by atoms with van der Waals surface area (Å²) in [6.07, 6.45) is 1.07. The molecule has 0 aliphatic heterocycles. The van der Waals surface area contributed by atoms with E-state index >= 15 is 0 Å². The van der Waals surface area contributed by atoms with Crippen LogP contribution in [0.15, 0.2) is 22.7 Å². The second-order valence-corrected chi connectivity index (χ2v) is 5.12. The van der Waals surface area contributed by atoms with Crippen molar-refractivity contribution in [2.45, 2.75) is 39.8 Å². The second kappa shape index (κ2) is 6.85. The molecule has 0 saturated heterocycles. The summed E-state index contributed by atoms with van der Waals surface area (Å²) in [5.41, 5.74) is 1.10. The first-order chi connectivity index (χ1) is 8.51. The van der Waals surface area contributed by atoms with Crippen molar-refractivity contribution < 1.29 is 4.92 Å². The second-order valence-electron chi connectivity index (χ2n) is 4.33. The Bertz CT molecular complexity index is 423. The Morgan fingerprint density at radius 2 is 2.11 bits per heavy atom. The minimum atomic E-state index is -0.354. The predicted molar refractivity (Wildman–Crippen MR) is 76.6 cm³/mol. The first kappa shape index (κ1) is 15.1. The number of halogens is 1. The van der Waals surface area contributed by atoms with Crippen molar-refractivity contribution in [1.29, 1.82) is 0 Å². The summed E-state index contributed by atoms with van der Waals surface area (Å²) in [6, 6.07) is 5.67. The quantitative estimate of drug-likeness (QED) is 0.589.